The Morgan fingerprint density at radius 1 is 1.14 bits per heavy atom. The Bertz CT molecular complexity index is 674. The first-order chi connectivity index (χ1) is 9.99. The van der Waals surface area contributed by atoms with Crippen LogP contribution >= 0.6 is 23.2 Å². The van der Waals surface area contributed by atoms with Crippen LogP contribution in [-0.2, 0) is 15.6 Å². The van der Waals surface area contributed by atoms with Crippen LogP contribution in [0.25, 0.3) is 0 Å². The van der Waals surface area contributed by atoms with E-state index in [1.54, 1.807) is 42.5 Å². The van der Waals surface area contributed by atoms with E-state index in [9.17, 15) is 14.1 Å². The Labute approximate surface area is 135 Å². The lowest BCUT2D eigenvalue weighted by Gasteiger charge is -2.13. The van der Waals surface area contributed by atoms with Gasteiger partial charge >= 0.3 is 5.97 Å². The van der Waals surface area contributed by atoms with Crippen LogP contribution in [0.3, 0.4) is 0 Å². The topological polar surface area (TPSA) is 54.4 Å². The zero-order valence-electron chi connectivity index (χ0n) is 10.8. The predicted octanol–water partition coefficient (Wildman–Crippen LogP) is 3.97. The molecule has 2 aromatic rings. The van der Waals surface area contributed by atoms with Crippen molar-refractivity contribution in [3.63, 3.8) is 0 Å². The van der Waals surface area contributed by atoms with E-state index < -0.39 is 22.7 Å². The molecule has 110 valence electrons. The summed E-state index contributed by atoms with van der Waals surface area (Å²) in [7, 11) is -1.55. The van der Waals surface area contributed by atoms with Crippen LogP contribution in [0.4, 0.5) is 0 Å². The first kappa shape index (κ1) is 16.0. The molecule has 6 heteroatoms. The van der Waals surface area contributed by atoms with Gasteiger partial charge < -0.3 is 5.11 Å². The van der Waals surface area contributed by atoms with Crippen LogP contribution in [0.5, 0.6) is 0 Å². The summed E-state index contributed by atoms with van der Waals surface area (Å²) in [5, 5.41) is 10.1. The first-order valence-electron chi connectivity index (χ1n) is 6.10. The van der Waals surface area contributed by atoms with Crippen molar-refractivity contribution >= 4 is 40.0 Å². The van der Waals surface area contributed by atoms with Crippen molar-refractivity contribution in [2.45, 2.75) is 10.8 Å². The fourth-order valence-electron chi connectivity index (χ4n) is 1.89. The second kappa shape index (κ2) is 7.07. The van der Waals surface area contributed by atoms with Crippen molar-refractivity contribution in [1.29, 1.82) is 0 Å². The molecule has 1 N–H and O–H groups in total. The zero-order chi connectivity index (χ0) is 15.4. The fourth-order valence-corrected chi connectivity index (χ4v) is 3.86. The highest BCUT2D eigenvalue weighted by Crippen LogP contribution is 2.27. The number of hydrogen-bond donors (Lipinski definition) is 1. The number of rotatable bonds is 5. The number of aliphatic carboxylic acids is 1. The number of carbonyl (C=O) groups is 1. The van der Waals surface area contributed by atoms with Gasteiger partial charge in [-0.25, -0.2) is 0 Å². The molecule has 2 atom stereocenters. The lowest BCUT2D eigenvalue weighted by atomic mass is 10.0. The summed E-state index contributed by atoms with van der Waals surface area (Å²) < 4.78 is 12.4. The Morgan fingerprint density at radius 2 is 1.81 bits per heavy atom. The number of carboxylic acids is 1. The SMILES string of the molecule is O=C(O)C(CS(=O)c1cc(Cl)ccc1Cl)c1ccccc1. The van der Waals surface area contributed by atoms with Crippen molar-refractivity contribution in [1.82, 2.24) is 0 Å². The molecule has 2 aromatic carbocycles. The van der Waals surface area contributed by atoms with Crippen LogP contribution in [0.2, 0.25) is 10.0 Å². The van der Waals surface area contributed by atoms with Gasteiger partial charge in [-0.15, -0.1) is 0 Å². The Hall–Kier alpha value is -1.36. The molecule has 0 saturated carbocycles. The minimum absolute atomic E-state index is 0.0561. The Balaban J connectivity index is 2.27. The summed E-state index contributed by atoms with van der Waals surface area (Å²) in [6.07, 6.45) is 0. The van der Waals surface area contributed by atoms with Crippen molar-refractivity contribution in [2.24, 2.45) is 0 Å². The minimum atomic E-state index is -1.55. The molecule has 21 heavy (non-hydrogen) atoms. The van der Waals surface area contributed by atoms with Gasteiger partial charge in [0.25, 0.3) is 0 Å². The minimum Gasteiger partial charge on any atom is -0.481 e. The van der Waals surface area contributed by atoms with E-state index in [2.05, 4.69) is 0 Å². The van der Waals surface area contributed by atoms with Gasteiger partial charge in [0.15, 0.2) is 0 Å². The van der Waals surface area contributed by atoms with Gasteiger partial charge in [-0.2, -0.15) is 0 Å². The molecule has 0 aromatic heterocycles. The van der Waals surface area contributed by atoms with Gasteiger partial charge in [0.2, 0.25) is 0 Å². The molecule has 3 nitrogen and oxygen atoms in total. The third kappa shape index (κ3) is 4.06. The van der Waals surface area contributed by atoms with Crippen LogP contribution in [-0.4, -0.2) is 21.0 Å². The summed E-state index contributed by atoms with van der Waals surface area (Å²) in [4.78, 5) is 11.8. The maximum absolute atomic E-state index is 12.4. The molecular weight excluding hydrogens is 331 g/mol. The van der Waals surface area contributed by atoms with Gasteiger partial charge in [-0.05, 0) is 23.8 Å². The zero-order valence-corrected chi connectivity index (χ0v) is 13.2. The summed E-state index contributed by atoms with van der Waals surface area (Å²) >= 11 is 11.9. The van der Waals surface area contributed by atoms with E-state index in [4.69, 9.17) is 23.2 Å². The van der Waals surface area contributed by atoms with E-state index in [0.29, 0.717) is 20.5 Å². The molecule has 0 spiro atoms. The van der Waals surface area contributed by atoms with Gasteiger partial charge in [0.05, 0.1) is 26.6 Å². The van der Waals surface area contributed by atoms with Gasteiger partial charge in [-0.3, -0.25) is 9.00 Å². The molecule has 0 aliphatic rings. The van der Waals surface area contributed by atoms with Crippen molar-refractivity contribution in [3.05, 3.63) is 64.1 Å². The van der Waals surface area contributed by atoms with Crippen molar-refractivity contribution in [2.75, 3.05) is 5.75 Å². The number of halogens is 2. The second-order valence-electron chi connectivity index (χ2n) is 4.39. The fraction of sp³-hybridized carbons (Fsp3) is 0.133. The molecule has 0 aliphatic heterocycles. The predicted molar refractivity (Wildman–Crippen MR) is 84.6 cm³/mol. The molecular formula is C15H12Cl2O3S. The summed E-state index contributed by atoms with van der Waals surface area (Å²) in [5.41, 5.74) is 0.608. The van der Waals surface area contributed by atoms with Crippen LogP contribution < -0.4 is 0 Å². The summed E-state index contributed by atoms with van der Waals surface area (Å²) in [5.74, 6) is -1.94. The molecule has 0 heterocycles. The number of benzene rings is 2. The normalized spacial score (nSPS) is 13.6. The maximum Gasteiger partial charge on any atom is 0.311 e. The lowest BCUT2D eigenvalue weighted by Crippen LogP contribution is -2.19. The molecule has 0 bridgehead atoms. The highest BCUT2D eigenvalue weighted by atomic mass is 35.5. The quantitative estimate of drug-likeness (QED) is 0.894. The molecule has 2 unspecified atom stereocenters. The van der Waals surface area contributed by atoms with Gasteiger partial charge in [-0.1, -0.05) is 53.5 Å². The van der Waals surface area contributed by atoms with E-state index >= 15 is 0 Å². The smallest absolute Gasteiger partial charge is 0.311 e. The van der Waals surface area contributed by atoms with Crippen LogP contribution in [0, 0.1) is 0 Å². The molecule has 2 rings (SSSR count). The number of carboxylic acid groups (broad SMARTS) is 1. The third-order valence-corrected chi connectivity index (χ3v) is 5.10. The van der Waals surface area contributed by atoms with Gasteiger partial charge in [0.1, 0.15) is 0 Å². The molecule has 0 radical (unpaired) electrons. The van der Waals surface area contributed by atoms with Crippen LogP contribution in [0.1, 0.15) is 11.5 Å². The highest BCUT2D eigenvalue weighted by Gasteiger charge is 2.24. The molecule has 0 aliphatic carbocycles. The van der Waals surface area contributed by atoms with E-state index in [0.717, 1.165) is 0 Å². The van der Waals surface area contributed by atoms with Gasteiger partial charge in [0, 0.05) is 10.8 Å². The Kier molecular flexibility index (Phi) is 5.39. The third-order valence-electron chi connectivity index (χ3n) is 2.96. The van der Waals surface area contributed by atoms with E-state index in [-0.39, 0.29) is 5.75 Å². The second-order valence-corrected chi connectivity index (χ2v) is 6.70. The summed E-state index contributed by atoms with van der Waals surface area (Å²) in [6.45, 7) is 0. The van der Waals surface area contributed by atoms with E-state index in [1.165, 1.54) is 6.07 Å². The summed E-state index contributed by atoms with van der Waals surface area (Å²) in [6, 6.07) is 13.4. The first-order valence-corrected chi connectivity index (χ1v) is 8.17. The lowest BCUT2D eigenvalue weighted by molar-refractivity contribution is -0.138. The molecule has 0 amide bonds. The van der Waals surface area contributed by atoms with Crippen molar-refractivity contribution < 1.29 is 14.1 Å². The largest absolute Gasteiger partial charge is 0.481 e. The standard InChI is InChI=1S/C15H12Cl2O3S/c16-11-6-7-13(17)14(8-11)21(20)9-12(15(18)19)10-4-2-1-3-5-10/h1-8,12H,9H2,(H,18,19). The van der Waals surface area contributed by atoms with E-state index in [1.807, 2.05) is 0 Å². The average Bonchev–Trinajstić information content (AvgIpc) is 2.47. The maximum atomic E-state index is 12.4. The Morgan fingerprint density at radius 3 is 2.43 bits per heavy atom. The van der Waals surface area contributed by atoms with Crippen molar-refractivity contribution in [3.8, 4) is 0 Å². The van der Waals surface area contributed by atoms with Crippen LogP contribution in [0.15, 0.2) is 53.4 Å². The number of hydrogen-bond acceptors (Lipinski definition) is 2. The molecule has 0 fully saturated rings. The highest BCUT2D eigenvalue weighted by molar-refractivity contribution is 7.85. The average molecular weight is 343 g/mol. The monoisotopic (exact) mass is 342 g/mol. The molecule has 0 saturated heterocycles.